The Morgan fingerprint density at radius 3 is 2.19 bits per heavy atom. The molecule has 31 heavy (non-hydrogen) atoms. The molecule has 2 aromatic rings. The SMILES string of the molecule is COC1(c2ccc(C(=O)N3CCCN(c4ccc(C(F)(F)F)cc4)CC3)cc2)COC1. The second kappa shape index (κ2) is 8.51. The molecule has 0 aliphatic carbocycles. The van der Waals surface area contributed by atoms with Crippen molar-refractivity contribution in [1.82, 2.24) is 4.90 Å². The highest BCUT2D eigenvalue weighted by Gasteiger charge is 2.40. The van der Waals surface area contributed by atoms with Crippen LogP contribution in [0.1, 0.15) is 27.9 Å². The molecule has 0 spiro atoms. The van der Waals surface area contributed by atoms with Gasteiger partial charge in [0.05, 0.1) is 18.8 Å². The van der Waals surface area contributed by atoms with Gasteiger partial charge in [-0.1, -0.05) is 12.1 Å². The number of benzene rings is 2. The maximum absolute atomic E-state index is 13.0. The first-order valence-corrected chi connectivity index (χ1v) is 10.3. The zero-order chi connectivity index (χ0) is 22.1. The van der Waals surface area contributed by atoms with Gasteiger partial charge >= 0.3 is 6.18 Å². The first-order valence-electron chi connectivity index (χ1n) is 10.3. The van der Waals surface area contributed by atoms with Gasteiger partial charge in [-0.05, 0) is 48.4 Å². The van der Waals surface area contributed by atoms with Crippen LogP contribution in [0.4, 0.5) is 18.9 Å². The topological polar surface area (TPSA) is 42.0 Å². The third-order valence-corrected chi connectivity index (χ3v) is 6.06. The second-order valence-electron chi connectivity index (χ2n) is 7.95. The number of carbonyl (C=O) groups excluding carboxylic acids is 1. The number of amides is 1. The molecule has 0 bridgehead atoms. The van der Waals surface area contributed by atoms with E-state index in [0.717, 1.165) is 29.8 Å². The fourth-order valence-electron chi connectivity index (χ4n) is 4.03. The average molecular weight is 434 g/mol. The van der Waals surface area contributed by atoms with E-state index in [1.165, 1.54) is 12.1 Å². The third kappa shape index (κ3) is 4.41. The maximum atomic E-state index is 13.0. The molecular formula is C23H25F3N2O3. The fraction of sp³-hybridized carbons (Fsp3) is 0.435. The lowest BCUT2D eigenvalue weighted by molar-refractivity contribution is -0.202. The van der Waals surface area contributed by atoms with Gasteiger partial charge in [-0.3, -0.25) is 4.79 Å². The Morgan fingerprint density at radius 2 is 1.65 bits per heavy atom. The Kier molecular flexibility index (Phi) is 5.94. The third-order valence-electron chi connectivity index (χ3n) is 6.06. The molecule has 5 nitrogen and oxygen atoms in total. The van der Waals surface area contributed by atoms with E-state index in [1.807, 2.05) is 29.2 Å². The van der Waals surface area contributed by atoms with Crippen LogP contribution < -0.4 is 4.90 Å². The normalized spacial score (nSPS) is 19.0. The molecule has 0 saturated carbocycles. The van der Waals surface area contributed by atoms with Gasteiger partial charge in [-0.2, -0.15) is 13.2 Å². The molecule has 4 rings (SSSR count). The van der Waals surface area contributed by atoms with Crippen molar-refractivity contribution in [3.05, 3.63) is 65.2 Å². The highest BCUT2D eigenvalue weighted by atomic mass is 19.4. The molecule has 166 valence electrons. The molecule has 0 radical (unpaired) electrons. The van der Waals surface area contributed by atoms with E-state index < -0.39 is 17.3 Å². The average Bonchev–Trinajstić information content (AvgIpc) is 2.99. The molecule has 0 atom stereocenters. The number of rotatable bonds is 4. The summed E-state index contributed by atoms with van der Waals surface area (Å²) in [6, 6.07) is 12.6. The van der Waals surface area contributed by atoms with Gasteiger partial charge in [-0.25, -0.2) is 0 Å². The molecule has 2 fully saturated rings. The number of carbonyl (C=O) groups is 1. The van der Waals surface area contributed by atoms with Crippen molar-refractivity contribution >= 4 is 11.6 Å². The summed E-state index contributed by atoms with van der Waals surface area (Å²) in [4.78, 5) is 16.8. The number of halogens is 3. The molecule has 2 aliphatic heterocycles. The summed E-state index contributed by atoms with van der Waals surface area (Å²) in [7, 11) is 1.65. The summed E-state index contributed by atoms with van der Waals surface area (Å²) in [6.45, 7) is 3.38. The molecule has 0 unspecified atom stereocenters. The van der Waals surface area contributed by atoms with E-state index in [-0.39, 0.29) is 5.91 Å². The Morgan fingerprint density at radius 1 is 0.968 bits per heavy atom. The van der Waals surface area contributed by atoms with E-state index in [4.69, 9.17) is 9.47 Å². The lowest BCUT2D eigenvalue weighted by Gasteiger charge is -2.40. The standard InChI is InChI=1S/C23H25F3N2O3/c1-30-22(15-31-16-22)18-5-3-17(4-6-18)21(29)28-12-2-11-27(13-14-28)20-9-7-19(8-10-20)23(24,25)26/h3-10H,2,11-16H2,1H3. The zero-order valence-electron chi connectivity index (χ0n) is 17.3. The molecule has 0 N–H and O–H groups in total. The minimum atomic E-state index is -4.34. The van der Waals surface area contributed by atoms with Crippen LogP contribution in [-0.2, 0) is 21.3 Å². The minimum Gasteiger partial charge on any atom is -0.375 e. The van der Waals surface area contributed by atoms with Crippen molar-refractivity contribution in [2.75, 3.05) is 51.4 Å². The number of methoxy groups -OCH3 is 1. The van der Waals surface area contributed by atoms with Crippen molar-refractivity contribution in [3.8, 4) is 0 Å². The smallest absolute Gasteiger partial charge is 0.375 e. The summed E-state index contributed by atoms with van der Waals surface area (Å²) in [5.74, 6) is -0.0443. The Bertz CT molecular complexity index is 904. The van der Waals surface area contributed by atoms with Gasteiger partial charge in [0, 0.05) is 44.5 Å². The Labute approximate surface area is 179 Å². The van der Waals surface area contributed by atoms with Crippen LogP contribution in [0.15, 0.2) is 48.5 Å². The van der Waals surface area contributed by atoms with Gasteiger partial charge in [0.2, 0.25) is 0 Å². The number of alkyl halides is 3. The zero-order valence-corrected chi connectivity index (χ0v) is 17.3. The number of hydrogen-bond acceptors (Lipinski definition) is 4. The molecule has 0 aromatic heterocycles. The van der Waals surface area contributed by atoms with Gasteiger partial charge in [-0.15, -0.1) is 0 Å². The lowest BCUT2D eigenvalue weighted by atomic mass is 9.91. The summed E-state index contributed by atoms with van der Waals surface area (Å²) in [6.07, 6.45) is -3.60. The quantitative estimate of drug-likeness (QED) is 0.732. The summed E-state index contributed by atoms with van der Waals surface area (Å²) >= 11 is 0. The monoisotopic (exact) mass is 434 g/mol. The Balaban J connectivity index is 1.40. The number of nitrogens with zero attached hydrogens (tertiary/aromatic N) is 2. The van der Waals surface area contributed by atoms with Crippen LogP contribution in [0.25, 0.3) is 0 Å². The highest BCUT2D eigenvalue weighted by Crippen LogP contribution is 2.33. The molecule has 1 amide bonds. The van der Waals surface area contributed by atoms with Crippen molar-refractivity contribution in [2.24, 2.45) is 0 Å². The van der Waals surface area contributed by atoms with E-state index in [9.17, 15) is 18.0 Å². The summed E-state index contributed by atoms with van der Waals surface area (Å²) in [5.41, 5.74) is 1.25. The van der Waals surface area contributed by atoms with Crippen LogP contribution in [0.3, 0.4) is 0 Å². The van der Waals surface area contributed by atoms with Crippen molar-refractivity contribution in [1.29, 1.82) is 0 Å². The summed E-state index contributed by atoms with van der Waals surface area (Å²) in [5, 5.41) is 0. The number of anilines is 1. The van der Waals surface area contributed by atoms with Crippen LogP contribution in [-0.4, -0.2) is 57.3 Å². The molecular weight excluding hydrogens is 409 g/mol. The molecule has 2 aliphatic rings. The van der Waals surface area contributed by atoms with Crippen LogP contribution in [0.5, 0.6) is 0 Å². The minimum absolute atomic E-state index is 0.0443. The second-order valence-corrected chi connectivity index (χ2v) is 7.95. The van der Waals surface area contributed by atoms with Gasteiger partial charge < -0.3 is 19.3 Å². The predicted octanol–water partition coefficient (Wildman–Crippen LogP) is 3.93. The van der Waals surface area contributed by atoms with E-state index in [0.29, 0.717) is 45.0 Å². The molecule has 8 heteroatoms. The van der Waals surface area contributed by atoms with E-state index in [1.54, 1.807) is 12.0 Å². The van der Waals surface area contributed by atoms with Crippen molar-refractivity contribution in [3.63, 3.8) is 0 Å². The fourth-order valence-corrected chi connectivity index (χ4v) is 4.03. The van der Waals surface area contributed by atoms with Crippen LogP contribution in [0, 0.1) is 0 Å². The molecule has 2 heterocycles. The van der Waals surface area contributed by atoms with Crippen LogP contribution in [0.2, 0.25) is 0 Å². The van der Waals surface area contributed by atoms with Gasteiger partial charge in [0.1, 0.15) is 5.60 Å². The number of hydrogen-bond donors (Lipinski definition) is 0. The number of ether oxygens (including phenoxy) is 2. The highest BCUT2D eigenvalue weighted by molar-refractivity contribution is 5.94. The molecule has 2 aromatic carbocycles. The lowest BCUT2D eigenvalue weighted by Crippen LogP contribution is -2.48. The largest absolute Gasteiger partial charge is 0.416 e. The van der Waals surface area contributed by atoms with E-state index in [2.05, 4.69) is 0 Å². The van der Waals surface area contributed by atoms with E-state index >= 15 is 0 Å². The van der Waals surface area contributed by atoms with Gasteiger partial charge in [0.15, 0.2) is 0 Å². The van der Waals surface area contributed by atoms with Crippen molar-refractivity contribution < 1.29 is 27.4 Å². The Hall–Kier alpha value is -2.58. The van der Waals surface area contributed by atoms with Crippen LogP contribution >= 0.6 is 0 Å². The van der Waals surface area contributed by atoms with Gasteiger partial charge in [0.25, 0.3) is 5.91 Å². The first-order chi connectivity index (χ1) is 14.8. The maximum Gasteiger partial charge on any atom is 0.416 e. The predicted molar refractivity (Wildman–Crippen MR) is 110 cm³/mol. The molecule has 2 saturated heterocycles. The summed E-state index contributed by atoms with van der Waals surface area (Å²) < 4.78 is 49.2. The van der Waals surface area contributed by atoms with Crippen molar-refractivity contribution in [2.45, 2.75) is 18.2 Å². The first kappa shape index (κ1) is 21.6.